The molecule has 1 fully saturated rings. The standard InChI is InChI=1S/C25H30F2N4O2S/c1-2-3-4-15-33-20-7-5-18(6-8-20)24(32)28-9-10-30-11-13-31(14-12-30)25-29-23-21(27)16-19(26)17-22(23)34-25/h5-8,16-17H,2-4,9-15H2,1H3,(H,28,32). The van der Waals surface area contributed by atoms with E-state index in [1.807, 2.05) is 12.1 Å². The van der Waals surface area contributed by atoms with Crippen molar-refractivity contribution in [2.75, 3.05) is 50.8 Å². The van der Waals surface area contributed by atoms with Crippen LogP contribution in [0.4, 0.5) is 13.9 Å². The summed E-state index contributed by atoms with van der Waals surface area (Å²) < 4.78 is 33.6. The zero-order valence-corrected chi connectivity index (χ0v) is 20.2. The van der Waals surface area contributed by atoms with Gasteiger partial charge in [-0.2, -0.15) is 0 Å². The van der Waals surface area contributed by atoms with Crippen molar-refractivity contribution < 1.29 is 18.3 Å². The van der Waals surface area contributed by atoms with Crippen LogP contribution in [0.5, 0.6) is 5.75 Å². The summed E-state index contributed by atoms with van der Waals surface area (Å²) in [5.74, 6) is -0.522. The Balaban J connectivity index is 1.19. The molecule has 6 nitrogen and oxygen atoms in total. The molecule has 2 heterocycles. The number of fused-ring (bicyclic) bond motifs is 1. The molecular weight excluding hydrogens is 458 g/mol. The Bertz CT molecular complexity index is 1100. The number of ether oxygens (including phenoxy) is 1. The van der Waals surface area contributed by atoms with Gasteiger partial charge in [-0.15, -0.1) is 0 Å². The van der Waals surface area contributed by atoms with E-state index >= 15 is 0 Å². The average Bonchev–Trinajstić information content (AvgIpc) is 3.27. The van der Waals surface area contributed by atoms with Crippen LogP contribution in [0, 0.1) is 11.6 Å². The van der Waals surface area contributed by atoms with Gasteiger partial charge in [-0.1, -0.05) is 31.1 Å². The van der Waals surface area contributed by atoms with Crippen LogP contribution >= 0.6 is 11.3 Å². The van der Waals surface area contributed by atoms with Gasteiger partial charge < -0.3 is 15.0 Å². The molecule has 1 aliphatic rings. The Morgan fingerprint density at radius 1 is 1.12 bits per heavy atom. The van der Waals surface area contributed by atoms with Gasteiger partial charge in [0.25, 0.3) is 5.91 Å². The zero-order valence-electron chi connectivity index (χ0n) is 19.4. The van der Waals surface area contributed by atoms with Crippen LogP contribution in [-0.4, -0.2) is 61.7 Å². The third-order valence-corrected chi connectivity index (χ3v) is 6.95. The summed E-state index contributed by atoms with van der Waals surface area (Å²) >= 11 is 1.31. The van der Waals surface area contributed by atoms with Crippen LogP contribution in [0.2, 0.25) is 0 Å². The van der Waals surface area contributed by atoms with Crippen molar-refractivity contribution in [1.82, 2.24) is 15.2 Å². The number of nitrogens with zero attached hydrogens (tertiary/aromatic N) is 3. The number of hydrogen-bond acceptors (Lipinski definition) is 6. The van der Waals surface area contributed by atoms with Crippen molar-refractivity contribution in [2.24, 2.45) is 0 Å². The van der Waals surface area contributed by atoms with Gasteiger partial charge in [0, 0.05) is 50.9 Å². The molecule has 1 saturated heterocycles. The van der Waals surface area contributed by atoms with E-state index in [-0.39, 0.29) is 11.4 Å². The first-order valence-electron chi connectivity index (χ1n) is 11.8. The van der Waals surface area contributed by atoms with Crippen LogP contribution in [0.15, 0.2) is 36.4 Å². The highest BCUT2D eigenvalue weighted by molar-refractivity contribution is 7.22. The van der Waals surface area contributed by atoms with Crippen molar-refractivity contribution in [1.29, 1.82) is 0 Å². The molecule has 0 bridgehead atoms. The molecular formula is C25H30F2N4O2S. The van der Waals surface area contributed by atoms with E-state index in [1.165, 1.54) is 17.4 Å². The maximum atomic E-state index is 13.9. The Morgan fingerprint density at radius 3 is 2.62 bits per heavy atom. The molecule has 1 aromatic heterocycles. The van der Waals surface area contributed by atoms with Gasteiger partial charge >= 0.3 is 0 Å². The maximum absolute atomic E-state index is 13.9. The number of hydrogen-bond donors (Lipinski definition) is 1. The Morgan fingerprint density at radius 2 is 1.88 bits per heavy atom. The summed E-state index contributed by atoms with van der Waals surface area (Å²) in [4.78, 5) is 21.2. The molecule has 1 N–H and O–H groups in total. The molecule has 0 atom stereocenters. The molecule has 34 heavy (non-hydrogen) atoms. The highest BCUT2D eigenvalue weighted by Crippen LogP contribution is 2.31. The summed E-state index contributed by atoms with van der Waals surface area (Å²) in [6.45, 7) is 7.28. The number of rotatable bonds is 10. The van der Waals surface area contributed by atoms with Gasteiger partial charge in [-0.25, -0.2) is 13.8 Å². The fourth-order valence-corrected chi connectivity index (χ4v) is 4.97. The SMILES string of the molecule is CCCCCOc1ccc(C(=O)NCCN2CCN(c3nc4c(F)cc(F)cc4s3)CC2)cc1. The van der Waals surface area contributed by atoms with Crippen molar-refractivity contribution in [3.63, 3.8) is 0 Å². The quantitative estimate of drug-likeness (QED) is 0.420. The number of nitrogens with one attached hydrogen (secondary N) is 1. The number of amides is 1. The minimum atomic E-state index is -0.624. The first-order valence-corrected chi connectivity index (χ1v) is 12.6. The van der Waals surface area contributed by atoms with E-state index < -0.39 is 11.6 Å². The molecule has 182 valence electrons. The predicted molar refractivity (Wildman–Crippen MR) is 132 cm³/mol. The van der Waals surface area contributed by atoms with Gasteiger partial charge in [0.1, 0.15) is 17.1 Å². The van der Waals surface area contributed by atoms with Crippen LogP contribution < -0.4 is 15.0 Å². The first kappa shape index (κ1) is 24.3. The summed E-state index contributed by atoms with van der Waals surface area (Å²) in [7, 11) is 0. The predicted octanol–water partition coefficient (Wildman–Crippen LogP) is 4.70. The molecule has 0 spiro atoms. The van der Waals surface area contributed by atoms with Gasteiger partial charge in [-0.05, 0) is 36.8 Å². The highest BCUT2D eigenvalue weighted by Gasteiger charge is 2.21. The number of carbonyl (C=O) groups excluding carboxylic acids is 1. The minimum absolute atomic E-state index is 0.0973. The van der Waals surface area contributed by atoms with E-state index in [4.69, 9.17) is 4.74 Å². The summed E-state index contributed by atoms with van der Waals surface area (Å²) in [6, 6.07) is 9.44. The van der Waals surface area contributed by atoms with Crippen molar-refractivity contribution >= 4 is 32.6 Å². The van der Waals surface area contributed by atoms with Gasteiger partial charge in [0.2, 0.25) is 0 Å². The molecule has 1 amide bonds. The lowest BCUT2D eigenvalue weighted by atomic mass is 10.2. The largest absolute Gasteiger partial charge is 0.494 e. The topological polar surface area (TPSA) is 57.7 Å². The number of anilines is 1. The van der Waals surface area contributed by atoms with Gasteiger partial charge in [-0.3, -0.25) is 9.69 Å². The number of benzene rings is 2. The fourth-order valence-electron chi connectivity index (χ4n) is 3.92. The number of unbranched alkanes of at least 4 members (excludes halogenated alkanes) is 2. The number of aromatic nitrogens is 1. The molecule has 4 rings (SSSR count). The molecule has 3 aromatic rings. The van der Waals surface area contributed by atoms with Crippen LogP contribution in [0.3, 0.4) is 0 Å². The van der Waals surface area contributed by atoms with Crippen molar-refractivity contribution in [3.05, 3.63) is 53.6 Å². The Kier molecular flexibility index (Phi) is 8.29. The smallest absolute Gasteiger partial charge is 0.251 e. The van der Waals surface area contributed by atoms with E-state index in [9.17, 15) is 13.6 Å². The second-order valence-electron chi connectivity index (χ2n) is 8.40. The molecule has 0 aliphatic carbocycles. The number of carbonyl (C=O) groups is 1. The van der Waals surface area contributed by atoms with Gasteiger partial charge in [0.15, 0.2) is 10.9 Å². The second-order valence-corrected chi connectivity index (χ2v) is 9.40. The molecule has 0 radical (unpaired) electrons. The minimum Gasteiger partial charge on any atom is -0.494 e. The lowest BCUT2D eigenvalue weighted by molar-refractivity contribution is 0.0947. The Labute approximate surface area is 202 Å². The fraction of sp³-hybridized carbons (Fsp3) is 0.440. The lowest BCUT2D eigenvalue weighted by Crippen LogP contribution is -2.48. The monoisotopic (exact) mass is 488 g/mol. The molecule has 1 aliphatic heterocycles. The highest BCUT2D eigenvalue weighted by atomic mass is 32.1. The number of halogens is 2. The van der Waals surface area contributed by atoms with E-state index in [0.717, 1.165) is 63.8 Å². The third-order valence-electron chi connectivity index (χ3n) is 5.89. The second kappa shape index (κ2) is 11.6. The maximum Gasteiger partial charge on any atom is 0.251 e. The van der Waals surface area contributed by atoms with E-state index in [2.05, 4.69) is 27.0 Å². The summed E-state index contributed by atoms with van der Waals surface area (Å²) in [5, 5.41) is 3.69. The summed E-state index contributed by atoms with van der Waals surface area (Å²) in [6.07, 6.45) is 3.34. The lowest BCUT2D eigenvalue weighted by Gasteiger charge is -2.34. The van der Waals surface area contributed by atoms with Gasteiger partial charge in [0.05, 0.1) is 11.3 Å². The van der Waals surface area contributed by atoms with Crippen LogP contribution in [0.25, 0.3) is 10.2 Å². The molecule has 9 heteroatoms. The third kappa shape index (κ3) is 6.21. The number of thiazole rings is 1. The molecule has 0 unspecified atom stereocenters. The summed E-state index contributed by atoms with van der Waals surface area (Å²) in [5.41, 5.74) is 0.841. The van der Waals surface area contributed by atoms with E-state index in [1.54, 1.807) is 12.1 Å². The van der Waals surface area contributed by atoms with Crippen LogP contribution in [-0.2, 0) is 0 Å². The van der Waals surface area contributed by atoms with Crippen molar-refractivity contribution in [2.45, 2.75) is 26.2 Å². The normalized spacial score (nSPS) is 14.5. The number of piperazine rings is 1. The van der Waals surface area contributed by atoms with Crippen molar-refractivity contribution in [3.8, 4) is 5.75 Å². The first-order chi connectivity index (χ1) is 16.5. The average molecular weight is 489 g/mol. The zero-order chi connectivity index (χ0) is 23.9. The molecule has 2 aromatic carbocycles. The van der Waals surface area contributed by atoms with E-state index in [0.29, 0.717) is 28.5 Å². The molecule has 0 saturated carbocycles. The van der Waals surface area contributed by atoms with Crippen LogP contribution in [0.1, 0.15) is 36.5 Å². The Hall–Kier alpha value is -2.78.